The Labute approximate surface area is 147 Å². The number of rotatable bonds is 5. The van der Waals surface area contributed by atoms with E-state index in [0.29, 0.717) is 18.3 Å². The zero-order chi connectivity index (χ0) is 18.6. The minimum Gasteiger partial charge on any atom is -0.370 e. The number of aromatic nitrogens is 2. The van der Waals surface area contributed by atoms with Crippen molar-refractivity contribution in [2.45, 2.75) is 20.0 Å². The first-order valence-electron chi connectivity index (χ1n) is 7.41. The van der Waals surface area contributed by atoms with Crippen LogP contribution in [0.15, 0.2) is 30.6 Å². The number of carbonyl (C=O) groups is 1. The molecule has 5 nitrogen and oxygen atoms in total. The van der Waals surface area contributed by atoms with E-state index in [1.807, 2.05) is 13.8 Å². The van der Waals surface area contributed by atoms with Crippen molar-refractivity contribution in [3.05, 3.63) is 46.9 Å². The van der Waals surface area contributed by atoms with Crippen molar-refractivity contribution in [3.63, 3.8) is 0 Å². The maximum absolute atomic E-state index is 12.8. The Balaban J connectivity index is 2.18. The third-order valence-corrected chi connectivity index (χ3v) is 3.46. The maximum Gasteiger partial charge on any atom is 0.416 e. The molecule has 0 radical (unpaired) electrons. The lowest BCUT2D eigenvalue weighted by Gasteiger charge is -2.12. The van der Waals surface area contributed by atoms with Gasteiger partial charge < -0.3 is 10.6 Å². The van der Waals surface area contributed by atoms with E-state index in [0.717, 1.165) is 18.2 Å². The lowest BCUT2D eigenvalue weighted by Crippen LogP contribution is -2.16. The van der Waals surface area contributed by atoms with Gasteiger partial charge >= 0.3 is 6.18 Å². The van der Waals surface area contributed by atoms with Crippen LogP contribution in [0.3, 0.4) is 0 Å². The summed E-state index contributed by atoms with van der Waals surface area (Å²) in [6.07, 6.45) is -3.34. The topological polar surface area (TPSA) is 66.9 Å². The Hall–Kier alpha value is -2.35. The third kappa shape index (κ3) is 5.32. The molecule has 2 aromatic rings. The number of halogens is 4. The Bertz CT molecular complexity index is 765. The van der Waals surface area contributed by atoms with Gasteiger partial charge in [0.2, 0.25) is 0 Å². The lowest BCUT2D eigenvalue weighted by molar-refractivity contribution is -0.137. The summed E-state index contributed by atoms with van der Waals surface area (Å²) in [5, 5.41) is 5.37. The van der Waals surface area contributed by atoms with Gasteiger partial charge in [-0.2, -0.15) is 13.2 Å². The van der Waals surface area contributed by atoms with Gasteiger partial charge in [0, 0.05) is 12.6 Å². The van der Waals surface area contributed by atoms with Crippen molar-refractivity contribution in [2.24, 2.45) is 5.92 Å². The van der Waals surface area contributed by atoms with Crippen LogP contribution in [0.1, 0.15) is 29.9 Å². The number of carbonyl (C=O) groups excluding carboxylic acids is 1. The highest BCUT2D eigenvalue weighted by Crippen LogP contribution is 2.33. The molecule has 134 valence electrons. The molecule has 0 saturated carbocycles. The number of nitrogens with one attached hydrogen (secondary N) is 2. The first kappa shape index (κ1) is 19.0. The van der Waals surface area contributed by atoms with E-state index in [4.69, 9.17) is 11.6 Å². The number of anilines is 2. The van der Waals surface area contributed by atoms with Crippen LogP contribution in [0.25, 0.3) is 0 Å². The van der Waals surface area contributed by atoms with Crippen LogP contribution in [0, 0.1) is 5.92 Å². The molecule has 0 spiro atoms. The highest BCUT2D eigenvalue weighted by Gasteiger charge is 2.31. The van der Waals surface area contributed by atoms with E-state index in [1.54, 1.807) is 0 Å². The predicted molar refractivity (Wildman–Crippen MR) is 89.8 cm³/mol. The summed E-state index contributed by atoms with van der Waals surface area (Å²) >= 11 is 5.87. The van der Waals surface area contributed by atoms with Crippen LogP contribution in [0.5, 0.6) is 0 Å². The molecule has 2 N–H and O–H groups in total. The SMILES string of the molecule is CC(C)CNc1cc(C(=O)Nc2cc(C(F)(F)F)ccc2Cl)ncn1. The Kier molecular flexibility index (Phi) is 5.84. The monoisotopic (exact) mass is 372 g/mol. The number of nitrogens with zero attached hydrogens (tertiary/aromatic N) is 2. The average Bonchev–Trinajstić information content (AvgIpc) is 2.54. The van der Waals surface area contributed by atoms with Gasteiger partial charge in [-0.05, 0) is 24.1 Å². The minimum atomic E-state index is -4.53. The second kappa shape index (κ2) is 7.69. The summed E-state index contributed by atoms with van der Waals surface area (Å²) in [4.78, 5) is 20.1. The van der Waals surface area contributed by atoms with Crippen LogP contribution in [-0.2, 0) is 6.18 Å². The molecular weight excluding hydrogens is 357 g/mol. The molecule has 0 aliphatic heterocycles. The zero-order valence-electron chi connectivity index (χ0n) is 13.5. The molecule has 1 amide bonds. The quantitative estimate of drug-likeness (QED) is 0.812. The molecule has 0 unspecified atom stereocenters. The highest BCUT2D eigenvalue weighted by atomic mass is 35.5. The number of hydrogen-bond donors (Lipinski definition) is 2. The Morgan fingerprint density at radius 2 is 1.96 bits per heavy atom. The molecule has 25 heavy (non-hydrogen) atoms. The van der Waals surface area contributed by atoms with Crippen LogP contribution in [0.4, 0.5) is 24.7 Å². The minimum absolute atomic E-state index is 0.00596. The molecule has 0 aliphatic carbocycles. The number of benzene rings is 1. The van der Waals surface area contributed by atoms with Crippen molar-refractivity contribution < 1.29 is 18.0 Å². The van der Waals surface area contributed by atoms with Gasteiger partial charge in [-0.15, -0.1) is 0 Å². The second-order valence-corrected chi connectivity index (χ2v) is 6.12. The van der Waals surface area contributed by atoms with Crippen molar-refractivity contribution >= 4 is 29.0 Å². The normalized spacial score (nSPS) is 11.5. The summed E-state index contributed by atoms with van der Waals surface area (Å²) in [5.74, 6) is 0.136. The molecule has 0 saturated heterocycles. The van der Waals surface area contributed by atoms with E-state index in [-0.39, 0.29) is 16.4 Å². The molecular formula is C16H16ClF3N4O. The largest absolute Gasteiger partial charge is 0.416 e. The fourth-order valence-electron chi connectivity index (χ4n) is 1.87. The average molecular weight is 373 g/mol. The Morgan fingerprint density at radius 1 is 1.24 bits per heavy atom. The van der Waals surface area contributed by atoms with E-state index in [2.05, 4.69) is 20.6 Å². The summed E-state index contributed by atoms with van der Waals surface area (Å²) in [7, 11) is 0. The Morgan fingerprint density at radius 3 is 2.60 bits per heavy atom. The highest BCUT2D eigenvalue weighted by molar-refractivity contribution is 6.33. The van der Waals surface area contributed by atoms with E-state index in [9.17, 15) is 18.0 Å². The molecule has 2 rings (SSSR count). The number of hydrogen-bond acceptors (Lipinski definition) is 4. The zero-order valence-corrected chi connectivity index (χ0v) is 14.2. The maximum atomic E-state index is 12.8. The van der Waals surface area contributed by atoms with Gasteiger partial charge in [0.1, 0.15) is 17.8 Å². The van der Waals surface area contributed by atoms with Crippen LogP contribution >= 0.6 is 11.6 Å². The number of amides is 1. The van der Waals surface area contributed by atoms with Crippen molar-refractivity contribution in [3.8, 4) is 0 Å². The third-order valence-electron chi connectivity index (χ3n) is 3.13. The number of alkyl halides is 3. The van der Waals surface area contributed by atoms with E-state index >= 15 is 0 Å². The fourth-order valence-corrected chi connectivity index (χ4v) is 2.04. The lowest BCUT2D eigenvalue weighted by atomic mass is 10.2. The predicted octanol–water partition coefficient (Wildman–Crippen LogP) is 4.47. The van der Waals surface area contributed by atoms with Crippen LogP contribution in [-0.4, -0.2) is 22.4 Å². The smallest absolute Gasteiger partial charge is 0.370 e. The fraction of sp³-hybridized carbons (Fsp3) is 0.312. The molecule has 1 heterocycles. The van der Waals surface area contributed by atoms with Gasteiger partial charge in [-0.25, -0.2) is 9.97 Å². The van der Waals surface area contributed by atoms with Crippen molar-refractivity contribution in [1.82, 2.24) is 9.97 Å². The van der Waals surface area contributed by atoms with Crippen molar-refractivity contribution in [2.75, 3.05) is 17.2 Å². The molecule has 9 heteroatoms. The molecule has 0 fully saturated rings. The molecule has 0 bridgehead atoms. The first-order chi connectivity index (χ1) is 11.7. The molecule has 0 aliphatic rings. The summed E-state index contributed by atoms with van der Waals surface area (Å²) in [6, 6.07) is 4.12. The van der Waals surface area contributed by atoms with Gasteiger partial charge in [0.15, 0.2) is 0 Å². The summed E-state index contributed by atoms with van der Waals surface area (Å²) < 4.78 is 38.3. The standard InChI is InChI=1S/C16H16ClF3N4O/c1-9(2)7-21-14-6-13(22-8-23-14)15(25)24-12-5-10(16(18,19)20)3-4-11(12)17/h3-6,8-9H,7H2,1-2H3,(H,24,25)(H,21,22,23). The van der Waals surface area contributed by atoms with Crippen molar-refractivity contribution in [1.29, 1.82) is 0 Å². The van der Waals surface area contributed by atoms with Crippen LogP contribution < -0.4 is 10.6 Å². The van der Waals surface area contributed by atoms with E-state index < -0.39 is 17.6 Å². The second-order valence-electron chi connectivity index (χ2n) is 5.71. The summed E-state index contributed by atoms with van der Waals surface area (Å²) in [5.41, 5.74) is -1.04. The van der Waals surface area contributed by atoms with Crippen LogP contribution in [0.2, 0.25) is 5.02 Å². The summed E-state index contributed by atoms with van der Waals surface area (Å²) in [6.45, 7) is 4.67. The van der Waals surface area contributed by atoms with Gasteiger partial charge in [-0.1, -0.05) is 25.4 Å². The molecule has 1 aromatic heterocycles. The first-order valence-corrected chi connectivity index (χ1v) is 7.78. The molecule has 0 atom stereocenters. The molecule has 1 aromatic carbocycles. The van der Waals surface area contributed by atoms with Gasteiger partial charge in [0.25, 0.3) is 5.91 Å². The van der Waals surface area contributed by atoms with E-state index in [1.165, 1.54) is 12.4 Å². The van der Waals surface area contributed by atoms with Gasteiger partial charge in [0.05, 0.1) is 16.3 Å². The van der Waals surface area contributed by atoms with Gasteiger partial charge in [-0.3, -0.25) is 4.79 Å².